The van der Waals surface area contributed by atoms with E-state index in [1.165, 1.54) is 11.1 Å². The highest BCUT2D eigenvalue weighted by atomic mass is 16.5. The monoisotopic (exact) mass is 366 g/mol. The Bertz CT molecular complexity index is 818. The summed E-state index contributed by atoms with van der Waals surface area (Å²) in [7, 11) is 3.18. The molecule has 0 saturated heterocycles. The number of benzene rings is 2. The van der Waals surface area contributed by atoms with E-state index in [0.29, 0.717) is 17.2 Å². The van der Waals surface area contributed by atoms with Crippen LogP contribution in [0, 0.1) is 0 Å². The molecule has 0 saturated carbocycles. The zero-order chi connectivity index (χ0) is 19.2. The van der Waals surface area contributed by atoms with Crippen LogP contribution in [0.15, 0.2) is 54.6 Å². The second-order valence-corrected chi connectivity index (χ2v) is 6.57. The molecule has 0 spiro atoms. The quantitative estimate of drug-likeness (QED) is 0.844. The number of hydrogen-bond acceptors (Lipinski definition) is 4. The molecule has 2 aromatic carbocycles. The Morgan fingerprint density at radius 1 is 1.11 bits per heavy atom. The zero-order valence-corrected chi connectivity index (χ0v) is 16.1. The smallest absolute Gasteiger partial charge is 0.241 e. The van der Waals surface area contributed by atoms with E-state index in [9.17, 15) is 4.79 Å². The molecule has 0 fully saturated rings. The minimum absolute atomic E-state index is 0.0573. The number of nitrogens with one attached hydrogen (secondary N) is 1. The fourth-order valence-electron chi connectivity index (χ4n) is 3.27. The van der Waals surface area contributed by atoms with Crippen LogP contribution in [0.25, 0.3) is 5.57 Å². The Labute approximate surface area is 160 Å². The van der Waals surface area contributed by atoms with Crippen molar-refractivity contribution in [3.8, 4) is 11.5 Å². The summed E-state index contributed by atoms with van der Waals surface area (Å²) >= 11 is 0. The molecular formula is C22H26N2O3. The van der Waals surface area contributed by atoms with Crippen molar-refractivity contribution in [2.45, 2.75) is 19.4 Å². The average Bonchev–Trinajstić information content (AvgIpc) is 2.73. The molecule has 0 bridgehead atoms. The van der Waals surface area contributed by atoms with Crippen LogP contribution in [0.5, 0.6) is 11.5 Å². The van der Waals surface area contributed by atoms with E-state index in [0.717, 1.165) is 19.5 Å². The highest BCUT2D eigenvalue weighted by molar-refractivity contribution is 5.96. The maximum absolute atomic E-state index is 12.8. The minimum Gasteiger partial charge on any atom is -0.497 e. The summed E-state index contributed by atoms with van der Waals surface area (Å²) < 4.78 is 10.6. The third kappa shape index (κ3) is 4.49. The largest absolute Gasteiger partial charge is 0.497 e. The molecule has 27 heavy (non-hydrogen) atoms. The third-order valence-corrected chi connectivity index (χ3v) is 4.98. The van der Waals surface area contributed by atoms with Crippen LogP contribution in [0.2, 0.25) is 0 Å². The normalized spacial score (nSPS) is 15.6. The first kappa shape index (κ1) is 19.0. The number of anilines is 1. The third-order valence-electron chi connectivity index (χ3n) is 4.98. The van der Waals surface area contributed by atoms with Crippen LogP contribution in [-0.2, 0) is 4.79 Å². The Balaban J connectivity index is 1.66. The van der Waals surface area contributed by atoms with Gasteiger partial charge in [-0.1, -0.05) is 36.4 Å². The van der Waals surface area contributed by atoms with E-state index in [2.05, 4.69) is 40.6 Å². The highest BCUT2D eigenvalue weighted by Crippen LogP contribution is 2.29. The van der Waals surface area contributed by atoms with Crippen molar-refractivity contribution in [3.05, 3.63) is 60.2 Å². The SMILES string of the molecule is COc1ccc(OC)c(NC(=O)C(C)N2CC=C(c3ccccc3)CC2)c1. The van der Waals surface area contributed by atoms with E-state index >= 15 is 0 Å². The van der Waals surface area contributed by atoms with E-state index in [4.69, 9.17) is 9.47 Å². The molecule has 1 aliphatic rings. The first-order valence-electron chi connectivity index (χ1n) is 9.13. The second-order valence-electron chi connectivity index (χ2n) is 6.57. The molecule has 1 N–H and O–H groups in total. The summed E-state index contributed by atoms with van der Waals surface area (Å²) in [5, 5.41) is 2.97. The van der Waals surface area contributed by atoms with Crippen molar-refractivity contribution < 1.29 is 14.3 Å². The van der Waals surface area contributed by atoms with Crippen LogP contribution >= 0.6 is 0 Å². The van der Waals surface area contributed by atoms with E-state index in [-0.39, 0.29) is 11.9 Å². The minimum atomic E-state index is -0.241. The molecule has 1 atom stereocenters. The summed E-state index contributed by atoms with van der Waals surface area (Å²) in [6.07, 6.45) is 3.15. The molecular weight excluding hydrogens is 340 g/mol. The van der Waals surface area contributed by atoms with Crippen molar-refractivity contribution in [2.75, 3.05) is 32.6 Å². The number of carbonyl (C=O) groups is 1. The number of amides is 1. The summed E-state index contributed by atoms with van der Waals surface area (Å²) in [6, 6.07) is 15.5. The van der Waals surface area contributed by atoms with Gasteiger partial charge in [-0.3, -0.25) is 9.69 Å². The van der Waals surface area contributed by atoms with E-state index < -0.39 is 0 Å². The fourth-order valence-corrected chi connectivity index (χ4v) is 3.27. The fraction of sp³-hybridized carbons (Fsp3) is 0.318. The Morgan fingerprint density at radius 3 is 2.52 bits per heavy atom. The van der Waals surface area contributed by atoms with Crippen LogP contribution in [-0.4, -0.2) is 44.2 Å². The number of rotatable bonds is 6. The summed E-state index contributed by atoms with van der Waals surface area (Å²) in [4.78, 5) is 14.9. The summed E-state index contributed by atoms with van der Waals surface area (Å²) in [6.45, 7) is 3.54. The van der Waals surface area contributed by atoms with Crippen LogP contribution in [0.1, 0.15) is 18.9 Å². The average molecular weight is 366 g/mol. The highest BCUT2D eigenvalue weighted by Gasteiger charge is 2.24. The Kier molecular flexibility index (Phi) is 6.14. The van der Waals surface area contributed by atoms with Crippen molar-refractivity contribution in [1.82, 2.24) is 4.90 Å². The van der Waals surface area contributed by atoms with Crippen molar-refractivity contribution in [2.24, 2.45) is 0 Å². The number of methoxy groups -OCH3 is 2. The van der Waals surface area contributed by atoms with Crippen molar-refractivity contribution in [3.63, 3.8) is 0 Å². The van der Waals surface area contributed by atoms with Crippen molar-refractivity contribution >= 4 is 17.2 Å². The van der Waals surface area contributed by atoms with Crippen LogP contribution in [0.4, 0.5) is 5.69 Å². The van der Waals surface area contributed by atoms with Gasteiger partial charge in [-0.2, -0.15) is 0 Å². The van der Waals surface area contributed by atoms with Gasteiger partial charge in [0.1, 0.15) is 11.5 Å². The number of ether oxygens (including phenoxy) is 2. The number of hydrogen-bond donors (Lipinski definition) is 1. The molecule has 0 radical (unpaired) electrons. The predicted octanol–water partition coefficient (Wildman–Crippen LogP) is 3.82. The first-order valence-corrected chi connectivity index (χ1v) is 9.13. The molecule has 0 aromatic heterocycles. The standard InChI is InChI=1S/C22H26N2O3/c1-16(22(25)23-20-15-19(26-2)9-10-21(20)27-3)24-13-11-18(12-14-24)17-7-5-4-6-8-17/h4-11,15-16H,12-14H2,1-3H3,(H,23,25). The number of carbonyl (C=O) groups excluding carboxylic acids is 1. The molecule has 1 aliphatic heterocycles. The van der Waals surface area contributed by atoms with Gasteiger partial charge < -0.3 is 14.8 Å². The molecule has 1 unspecified atom stereocenters. The van der Waals surface area contributed by atoms with Crippen LogP contribution in [0.3, 0.4) is 0 Å². The van der Waals surface area contributed by atoms with Gasteiger partial charge in [-0.05, 0) is 36.6 Å². The maximum Gasteiger partial charge on any atom is 0.241 e. The Hall–Kier alpha value is -2.79. The van der Waals surface area contributed by atoms with Gasteiger partial charge in [0.05, 0.1) is 25.9 Å². The molecule has 0 aliphatic carbocycles. The lowest BCUT2D eigenvalue weighted by atomic mass is 9.99. The molecule has 5 heteroatoms. The molecule has 3 rings (SSSR count). The molecule has 1 amide bonds. The van der Waals surface area contributed by atoms with Gasteiger partial charge in [0.2, 0.25) is 5.91 Å². The van der Waals surface area contributed by atoms with Gasteiger partial charge in [0.25, 0.3) is 0 Å². The lowest BCUT2D eigenvalue weighted by molar-refractivity contribution is -0.120. The molecule has 1 heterocycles. The maximum atomic E-state index is 12.8. The predicted molar refractivity (Wildman–Crippen MR) is 108 cm³/mol. The van der Waals surface area contributed by atoms with Crippen LogP contribution < -0.4 is 14.8 Å². The van der Waals surface area contributed by atoms with Gasteiger partial charge in [0, 0.05) is 19.2 Å². The molecule has 142 valence electrons. The summed E-state index contributed by atoms with van der Waals surface area (Å²) in [5.41, 5.74) is 3.22. The topological polar surface area (TPSA) is 50.8 Å². The van der Waals surface area contributed by atoms with Crippen molar-refractivity contribution in [1.29, 1.82) is 0 Å². The lowest BCUT2D eigenvalue weighted by Gasteiger charge is -2.31. The van der Waals surface area contributed by atoms with Gasteiger partial charge in [-0.15, -0.1) is 0 Å². The zero-order valence-electron chi connectivity index (χ0n) is 16.1. The van der Waals surface area contributed by atoms with E-state index in [1.807, 2.05) is 13.0 Å². The molecule has 5 nitrogen and oxygen atoms in total. The van der Waals surface area contributed by atoms with E-state index in [1.54, 1.807) is 32.4 Å². The summed E-state index contributed by atoms with van der Waals surface area (Å²) in [5.74, 6) is 1.23. The second kappa shape index (κ2) is 8.73. The number of nitrogens with zero attached hydrogens (tertiary/aromatic N) is 1. The van der Waals surface area contributed by atoms with Gasteiger partial charge in [-0.25, -0.2) is 0 Å². The molecule has 2 aromatic rings. The van der Waals surface area contributed by atoms with Gasteiger partial charge >= 0.3 is 0 Å². The lowest BCUT2D eigenvalue weighted by Crippen LogP contribution is -2.44. The van der Waals surface area contributed by atoms with Gasteiger partial charge in [0.15, 0.2) is 0 Å². The first-order chi connectivity index (χ1) is 13.1. The Morgan fingerprint density at radius 2 is 1.89 bits per heavy atom.